The summed E-state index contributed by atoms with van der Waals surface area (Å²) in [5, 5.41) is 3.22. The molecule has 0 atom stereocenters. The molecule has 1 aromatic heterocycles. The van der Waals surface area contributed by atoms with Gasteiger partial charge in [-0.2, -0.15) is 4.98 Å². The molecular formula is C12H19N3O. The molecule has 3 N–H and O–H groups in total. The van der Waals surface area contributed by atoms with Gasteiger partial charge in [0.25, 0.3) is 0 Å². The third-order valence-corrected chi connectivity index (χ3v) is 2.60. The number of hydrogen-bond acceptors (Lipinski definition) is 4. The van der Waals surface area contributed by atoms with Gasteiger partial charge < -0.3 is 15.8 Å². The fourth-order valence-corrected chi connectivity index (χ4v) is 1.40. The monoisotopic (exact) mass is 221 g/mol. The lowest BCUT2D eigenvalue weighted by molar-refractivity contribution is 0.290. The summed E-state index contributed by atoms with van der Waals surface area (Å²) in [6.07, 6.45) is 3.62. The van der Waals surface area contributed by atoms with E-state index in [1.165, 1.54) is 12.8 Å². The van der Waals surface area contributed by atoms with Crippen LogP contribution in [0.15, 0.2) is 12.1 Å². The number of anilines is 2. The van der Waals surface area contributed by atoms with Crippen molar-refractivity contribution in [2.45, 2.75) is 26.2 Å². The van der Waals surface area contributed by atoms with Gasteiger partial charge in [0.1, 0.15) is 5.82 Å². The van der Waals surface area contributed by atoms with Gasteiger partial charge in [-0.3, -0.25) is 0 Å². The van der Waals surface area contributed by atoms with Crippen LogP contribution >= 0.6 is 0 Å². The van der Waals surface area contributed by atoms with Crippen LogP contribution in [0.5, 0.6) is 5.88 Å². The van der Waals surface area contributed by atoms with Crippen molar-refractivity contribution in [1.29, 1.82) is 0 Å². The summed E-state index contributed by atoms with van der Waals surface area (Å²) >= 11 is 0. The Morgan fingerprint density at radius 1 is 1.50 bits per heavy atom. The van der Waals surface area contributed by atoms with E-state index in [2.05, 4.69) is 17.2 Å². The van der Waals surface area contributed by atoms with E-state index >= 15 is 0 Å². The van der Waals surface area contributed by atoms with Crippen molar-refractivity contribution in [2.75, 3.05) is 24.2 Å². The van der Waals surface area contributed by atoms with Gasteiger partial charge in [0.2, 0.25) is 5.88 Å². The van der Waals surface area contributed by atoms with Crippen LogP contribution in [-0.4, -0.2) is 18.1 Å². The molecular weight excluding hydrogens is 202 g/mol. The van der Waals surface area contributed by atoms with Crippen molar-refractivity contribution < 1.29 is 4.74 Å². The molecule has 1 heterocycles. The van der Waals surface area contributed by atoms with Crippen LogP contribution in [0.4, 0.5) is 11.5 Å². The Hall–Kier alpha value is -1.45. The summed E-state index contributed by atoms with van der Waals surface area (Å²) in [7, 11) is 0. The molecule has 1 fully saturated rings. The van der Waals surface area contributed by atoms with Crippen molar-refractivity contribution in [3.8, 4) is 5.88 Å². The summed E-state index contributed by atoms with van der Waals surface area (Å²) in [4.78, 5) is 4.35. The number of aromatic nitrogens is 1. The minimum Gasteiger partial charge on any atom is -0.476 e. The highest BCUT2D eigenvalue weighted by molar-refractivity contribution is 5.53. The third kappa shape index (κ3) is 3.02. The summed E-state index contributed by atoms with van der Waals surface area (Å²) in [6.45, 7) is 3.78. The Bertz CT molecular complexity index is 350. The Labute approximate surface area is 96.2 Å². The molecule has 1 aromatic rings. The van der Waals surface area contributed by atoms with Crippen LogP contribution in [0, 0.1) is 5.92 Å². The molecule has 0 aliphatic heterocycles. The Morgan fingerprint density at radius 2 is 2.31 bits per heavy atom. The van der Waals surface area contributed by atoms with Crippen LogP contribution in [-0.2, 0) is 0 Å². The fraction of sp³-hybridized carbons (Fsp3) is 0.583. The fourth-order valence-electron chi connectivity index (χ4n) is 1.40. The quantitative estimate of drug-likeness (QED) is 0.773. The summed E-state index contributed by atoms with van der Waals surface area (Å²) in [6, 6.07) is 3.72. The van der Waals surface area contributed by atoms with Gasteiger partial charge >= 0.3 is 0 Å². The second-order valence-corrected chi connectivity index (χ2v) is 4.27. The molecule has 1 aliphatic rings. The van der Waals surface area contributed by atoms with Crippen molar-refractivity contribution in [3.63, 3.8) is 0 Å². The van der Waals surface area contributed by atoms with Crippen LogP contribution < -0.4 is 15.8 Å². The topological polar surface area (TPSA) is 60.2 Å². The number of ether oxygens (including phenoxy) is 1. The highest BCUT2D eigenvalue weighted by atomic mass is 16.5. The van der Waals surface area contributed by atoms with Gasteiger partial charge in [-0.25, -0.2) is 0 Å². The number of nitrogens with two attached hydrogens (primary N) is 1. The number of pyridine rings is 1. The molecule has 1 saturated carbocycles. The predicted molar refractivity (Wildman–Crippen MR) is 65.6 cm³/mol. The molecule has 0 aromatic carbocycles. The van der Waals surface area contributed by atoms with Gasteiger partial charge in [-0.05, 0) is 37.3 Å². The number of rotatable bonds is 6. The molecule has 0 radical (unpaired) electrons. The highest BCUT2D eigenvalue weighted by Gasteiger charge is 2.22. The van der Waals surface area contributed by atoms with E-state index in [0.29, 0.717) is 17.5 Å². The molecule has 0 unspecified atom stereocenters. The Morgan fingerprint density at radius 3 is 3.00 bits per heavy atom. The summed E-state index contributed by atoms with van der Waals surface area (Å²) in [5.74, 6) is 2.11. The van der Waals surface area contributed by atoms with Gasteiger partial charge in [0.15, 0.2) is 0 Å². The predicted octanol–water partition coefficient (Wildman–Crippen LogP) is 2.27. The maximum Gasteiger partial charge on any atom is 0.239 e. The highest BCUT2D eigenvalue weighted by Crippen LogP contribution is 2.30. The first-order valence-electron chi connectivity index (χ1n) is 5.92. The van der Waals surface area contributed by atoms with E-state index in [9.17, 15) is 0 Å². The van der Waals surface area contributed by atoms with E-state index in [0.717, 1.165) is 25.4 Å². The van der Waals surface area contributed by atoms with E-state index < -0.39 is 0 Å². The van der Waals surface area contributed by atoms with Gasteiger partial charge in [-0.15, -0.1) is 0 Å². The van der Waals surface area contributed by atoms with E-state index in [4.69, 9.17) is 10.5 Å². The van der Waals surface area contributed by atoms with Crippen LogP contribution in [0.1, 0.15) is 26.2 Å². The summed E-state index contributed by atoms with van der Waals surface area (Å²) < 4.78 is 5.61. The van der Waals surface area contributed by atoms with Gasteiger partial charge in [-0.1, -0.05) is 6.92 Å². The maximum atomic E-state index is 5.81. The molecule has 4 heteroatoms. The standard InChI is InChI=1S/C12H19N3O/c1-2-7-14-11-6-5-10(13)12(15-11)16-8-9-3-4-9/h5-6,9H,2-4,7-8,13H2,1H3,(H,14,15). The second kappa shape index (κ2) is 5.05. The first-order valence-corrected chi connectivity index (χ1v) is 5.92. The molecule has 16 heavy (non-hydrogen) atoms. The van der Waals surface area contributed by atoms with E-state index in [1.54, 1.807) is 0 Å². The van der Waals surface area contributed by atoms with Crippen LogP contribution in [0.3, 0.4) is 0 Å². The largest absolute Gasteiger partial charge is 0.476 e. The smallest absolute Gasteiger partial charge is 0.239 e. The molecule has 4 nitrogen and oxygen atoms in total. The van der Waals surface area contributed by atoms with E-state index in [-0.39, 0.29) is 0 Å². The average Bonchev–Trinajstić information content (AvgIpc) is 3.10. The molecule has 0 saturated heterocycles. The van der Waals surface area contributed by atoms with Gasteiger partial charge in [0, 0.05) is 6.54 Å². The SMILES string of the molecule is CCCNc1ccc(N)c(OCC2CC2)n1. The number of nitrogens with zero attached hydrogens (tertiary/aromatic N) is 1. The molecule has 0 spiro atoms. The molecule has 1 aliphatic carbocycles. The normalized spacial score (nSPS) is 14.8. The second-order valence-electron chi connectivity index (χ2n) is 4.27. The zero-order chi connectivity index (χ0) is 11.4. The minimum absolute atomic E-state index is 0.563. The Kier molecular flexibility index (Phi) is 3.49. The number of nitrogens with one attached hydrogen (secondary N) is 1. The van der Waals surface area contributed by atoms with Crippen LogP contribution in [0.25, 0.3) is 0 Å². The first-order chi connectivity index (χ1) is 7.79. The summed E-state index contributed by atoms with van der Waals surface area (Å²) in [5.41, 5.74) is 6.42. The maximum absolute atomic E-state index is 5.81. The van der Waals surface area contributed by atoms with Gasteiger partial charge in [0.05, 0.1) is 12.3 Å². The lowest BCUT2D eigenvalue weighted by Crippen LogP contribution is -2.07. The lowest BCUT2D eigenvalue weighted by atomic mass is 10.4. The van der Waals surface area contributed by atoms with Crippen molar-refractivity contribution in [1.82, 2.24) is 4.98 Å². The molecule has 2 rings (SSSR count). The minimum atomic E-state index is 0.563. The van der Waals surface area contributed by atoms with Crippen LogP contribution in [0.2, 0.25) is 0 Å². The lowest BCUT2D eigenvalue weighted by Gasteiger charge is -2.10. The first kappa shape index (κ1) is 11.0. The van der Waals surface area contributed by atoms with Crippen molar-refractivity contribution in [2.24, 2.45) is 5.92 Å². The number of nitrogen functional groups attached to an aromatic ring is 1. The van der Waals surface area contributed by atoms with Crippen molar-refractivity contribution >= 4 is 11.5 Å². The Balaban J connectivity index is 1.96. The molecule has 0 bridgehead atoms. The van der Waals surface area contributed by atoms with E-state index in [1.807, 2.05) is 12.1 Å². The zero-order valence-electron chi connectivity index (χ0n) is 9.70. The molecule has 0 amide bonds. The average molecular weight is 221 g/mol. The molecule has 88 valence electrons. The number of hydrogen-bond donors (Lipinski definition) is 2. The third-order valence-electron chi connectivity index (χ3n) is 2.60. The zero-order valence-corrected chi connectivity index (χ0v) is 9.70. The van der Waals surface area contributed by atoms with Crippen molar-refractivity contribution in [3.05, 3.63) is 12.1 Å².